The molecular formula is C40H70O6. The molecule has 0 rings (SSSR count). The van der Waals surface area contributed by atoms with E-state index in [9.17, 15) is 19.8 Å². The molecule has 0 aromatic carbocycles. The Bertz CT molecular complexity index is 811. The van der Waals surface area contributed by atoms with Gasteiger partial charge in [-0.2, -0.15) is 0 Å². The number of esters is 2. The SMILES string of the molecule is CC(C)CCCCCCCCCCCCCC(=O)OC[C@@H](O)COC(=O)CCC/C=C\C/C=C\C/C=C\C/C=C\CCC[C@@H](C)O. The minimum Gasteiger partial charge on any atom is -0.463 e. The Labute approximate surface area is 282 Å². The summed E-state index contributed by atoms with van der Waals surface area (Å²) < 4.78 is 10.3. The molecule has 0 aliphatic carbocycles. The first-order chi connectivity index (χ1) is 22.3. The van der Waals surface area contributed by atoms with Crippen molar-refractivity contribution in [1.82, 2.24) is 0 Å². The number of ether oxygens (including phenoxy) is 2. The molecule has 6 nitrogen and oxygen atoms in total. The third-order valence-corrected chi connectivity index (χ3v) is 7.76. The van der Waals surface area contributed by atoms with Gasteiger partial charge in [0.05, 0.1) is 6.10 Å². The van der Waals surface area contributed by atoms with Crippen LogP contribution in [0.1, 0.15) is 162 Å². The maximum atomic E-state index is 11.9. The van der Waals surface area contributed by atoms with Crippen molar-refractivity contribution in [2.45, 2.75) is 174 Å². The summed E-state index contributed by atoms with van der Waals surface area (Å²) in [6, 6.07) is 0. The second kappa shape index (κ2) is 34.2. The lowest BCUT2D eigenvalue weighted by Crippen LogP contribution is -2.25. The second-order valence-electron chi connectivity index (χ2n) is 13.1. The van der Waals surface area contributed by atoms with Gasteiger partial charge in [0.1, 0.15) is 19.3 Å². The Morgan fingerprint density at radius 2 is 0.891 bits per heavy atom. The summed E-state index contributed by atoms with van der Waals surface area (Å²) >= 11 is 0. The van der Waals surface area contributed by atoms with Gasteiger partial charge in [-0.1, -0.05) is 133 Å². The van der Waals surface area contributed by atoms with E-state index in [-0.39, 0.29) is 31.3 Å². The van der Waals surface area contributed by atoms with E-state index in [0.717, 1.165) is 70.1 Å². The highest BCUT2D eigenvalue weighted by atomic mass is 16.6. The molecule has 0 saturated carbocycles. The predicted octanol–water partition coefficient (Wildman–Crippen LogP) is 10.3. The van der Waals surface area contributed by atoms with E-state index in [1.807, 2.05) is 6.92 Å². The fraction of sp³-hybridized carbons (Fsp3) is 0.750. The first-order valence-electron chi connectivity index (χ1n) is 18.6. The van der Waals surface area contributed by atoms with Gasteiger partial charge in [-0.25, -0.2) is 0 Å². The Balaban J connectivity index is 3.56. The number of hydrogen-bond acceptors (Lipinski definition) is 6. The summed E-state index contributed by atoms with van der Waals surface area (Å²) in [5.74, 6) is 0.182. The number of aliphatic hydroxyl groups is 2. The van der Waals surface area contributed by atoms with Gasteiger partial charge < -0.3 is 19.7 Å². The quantitative estimate of drug-likeness (QED) is 0.0429. The molecule has 0 unspecified atom stereocenters. The second-order valence-corrected chi connectivity index (χ2v) is 13.1. The Morgan fingerprint density at radius 1 is 0.500 bits per heavy atom. The van der Waals surface area contributed by atoms with Crippen molar-refractivity contribution in [1.29, 1.82) is 0 Å². The van der Waals surface area contributed by atoms with Crippen molar-refractivity contribution >= 4 is 11.9 Å². The molecule has 0 saturated heterocycles. The smallest absolute Gasteiger partial charge is 0.305 e. The molecule has 266 valence electrons. The molecule has 0 amide bonds. The summed E-state index contributed by atoms with van der Waals surface area (Å²) in [5, 5.41) is 19.2. The van der Waals surface area contributed by atoms with Gasteiger partial charge in [-0.3, -0.25) is 9.59 Å². The molecule has 0 fully saturated rings. The third-order valence-electron chi connectivity index (χ3n) is 7.76. The zero-order valence-corrected chi connectivity index (χ0v) is 29.8. The van der Waals surface area contributed by atoms with E-state index in [0.29, 0.717) is 19.3 Å². The Morgan fingerprint density at radius 3 is 1.35 bits per heavy atom. The lowest BCUT2D eigenvalue weighted by Gasteiger charge is -2.12. The van der Waals surface area contributed by atoms with Crippen LogP contribution in [-0.2, 0) is 19.1 Å². The Kier molecular flexibility index (Phi) is 32.5. The van der Waals surface area contributed by atoms with E-state index in [4.69, 9.17) is 9.47 Å². The van der Waals surface area contributed by atoms with Crippen LogP contribution >= 0.6 is 0 Å². The highest BCUT2D eigenvalue weighted by Crippen LogP contribution is 2.14. The normalized spacial score (nSPS) is 13.5. The van der Waals surface area contributed by atoms with Gasteiger partial charge in [-0.15, -0.1) is 0 Å². The number of carbonyl (C=O) groups excluding carboxylic acids is 2. The van der Waals surface area contributed by atoms with Gasteiger partial charge in [0.25, 0.3) is 0 Å². The lowest BCUT2D eigenvalue weighted by atomic mass is 10.0. The predicted molar refractivity (Wildman–Crippen MR) is 193 cm³/mol. The molecule has 0 spiro atoms. The minimum atomic E-state index is -0.993. The van der Waals surface area contributed by atoms with E-state index < -0.39 is 6.10 Å². The number of hydrogen-bond donors (Lipinski definition) is 2. The zero-order chi connectivity index (χ0) is 33.9. The molecule has 6 heteroatoms. The molecule has 0 radical (unpaired) electrons. The Hall–Kier alpha value is -2.18. The van der Waals surface area contributed by atoms with E-state index >= 15 is 0 Å². The fourth-order valence-corrected chi connectivity index (χ4v) is 4.93. The summed E-state index contributed by atoms with van der Waals surface area (Å²) in [7, 11) is 0. The van der Waals surface area contributed by atoms with Crippen molar-refractivity contribution in [2.24, 2.45) is 5.92 Å². The molecule has 0 aromatic heterocycles. The van der Waals surface area contributed by atoms with E-state index in [2.05, 4.69) is 62.5 Å². The molecule has 0 aliphatic heterocycles. The van der Waals surface area contributed by atoms with E-state index in [1.54, 1.807) is 0 Å². The van der Waals surface area contributed by atoms with Crippen LogP contribution in [0.2, 0.25) is 0 Å². The van der Waals surface area contributed by atoms with Crippen LogP contribution in [0.4, 0.5) is 0 Å². The third kappa shape index (κ3) is 36.3. The van der Waals surface area contributed by atoms with Crippen LogP contribution in [-0.4, -0.2) is 47.6 Å². The van der Waals surface area contributed by atoms with Crippen molar-refractivity contribution in [3.8, 4) is 0 Å². The number of aliphatic hydroxyl groups excluding tert-OH is 2. The van der Waals surface area contributed by atoms with Gasteiger partial charge in [-0.05, 0) is 70.6 Å². The standard InChI is InChI=1S/C40H70O6/c1-36(2)30-26-22-18-14-10-9-13-17-21-25-29-33-40(44)46-35-38(42)34-45-39(43)32-28-24-20-16-12-8-6-4-5-7-11-15-19-23-27-31-37(3)41/h5-8,15-16,19-20,36-38,41-42H,4,9-14,17-18,21-35H2,1-3H3/b7-5-,8-6-,19-15-,20-16-/t37-,38+/m1/s1. The molecule has 0 aliphatic rings. The van der Waals surface area contributed by atoms with E-state index in [1.165, 1.54) is 57.8 Å². The molecule has 0 heterocycles. The maximum Gasteiger partial charge on any atom is 0.305 e. The summed E-state index contributed by atoms with van der Waals surface area (Å²) in [4.78, 5) is 23.9. The molecule has 2 N–H and O–H groups in total. The number of allylic oxidation sites excluding steroid dienone is 8. The molecule has 2 atom stereocenters. The van der Waals surface area contributed by atoms with Crippen molar-refractivity contribution in [2.75, 3.05) is 13.2 Å². The van der Waals surface area contributed by atoms with Gasteiger partial charge in [0.15, 0.2) is 0 Å². The largest absolute Gasteiger partial charge is 0.463 e. The fourth-order valence-electron chi connectivity index (χ4n) is 4.93. The van der Waals surface area contributed by atoms with Gasteiger partial charge in [0.2, 0.25) is 0 Å². The first kappa shape index (κ1) is 43.8. The molecular weight excluding hydrogens is 576 g/mol. The summed E-state index contributed by atoms with van der Waals surface area (Å²) in [6.45, 7) is 6.13. The topological polar surface area (TPSA) is 93.1 Å². The highest BCUT2D eigenvalue weighted by Gasteiger charge is 2.12. The lowest BCUT2D eigenvalue weighted by molar-refractivity contribution is -0.152. The zero-order valence-electron chi connectivity index (χ0n) is 29.8. The number of carbonyl (C=O) groups is 2. The average Bonchev–Trinajstić information content (AvgIpc) is 3.02. The molecule has 0 bridgehead atoms. The number of rotatable bonds is 32. The monoisotopic (exact) mass is 647 g/mol. The van der Waals surface area contributed by atoms with Gasteiger partial charge in [0, 0.05) is 12.8 Å². The average molecular weight is 647 g/mol. The van der Waals surface area contributed by atoms with Crippen LogP contribution in [0.3, 0.4) is 0 Å². The maximum absolute atomic E-state index is 11.9. The summed E-state index contributed by atoms with van der Waals surface area (Å²) in [6.07, 6.45) is 38.7. The van der Waals surface area contributed by atoms with Crippen molar-refractivity contribution in [3.05, 3.63) is 48.6 Å². The minimum absolute atomic E-state index is 0.141. The van der Waals surface area contributed by atoms with Gasteiger partial charge >= 0.3 is 11.9 Å². The van der Waals surface area contributed by atoms with Crippen LogP contribution in [0.25, 0.3) is 0 Å². The van der Waals surface area contributed by atoms with Crippen LogP contribution in [0, 0.1) is 5.92 Å². The van der Waals surface area contributed by atoms with Crippen LogP contribution < -0.4 is 0 Å². The van der Waals surface area contributed by atoms with Crippen LogP contribution in [0.5, 0.6) is 0 Å². The van der Waals surface area contributed by atoms with Crippen LogP contribution in [0.15, 0.2) is 48.6 Å². The molecule has 0 aromatic rings. The van der Waals surface area contributed by atoms with Crippen molar-refractivity contribution < 1.29 is 29.3 Å². The molecule has 46 heavy (non-hydrogen) atoms. The first-order valence-corrected chi connectivity index (χ1v) is 18.6. The van der Waals surface area contributed by atoms with Crippen molar-refractivity contribution in [3.63, 3.8) is 0 Å². The highest BCUT2D eigenvalue weighted by molar-refractivity contribution is 5.69. The summed E-state index contributed by atoms with van der Waals surface area (Å²) in [5.41, 5.74) is 0. The number of unbranched alkanes of at least 4 members (excludes halogenated alkanes) is 12.